The van der Waals surface area contributed by atoms with Gasteiger partial charge in [0.2, 0.25) is 0 Å². The maximum absolute atomic E-state index is 11.5. The molecule has 2 amide bonds. The lowest BCUT2D eigenvalue weighted by atomic mass is 9.85. The van der Waals surface area contributed by atoms with Crippen LogP contribution in [0.2, 0.25) is 0 Å². The van der Waals surface area contributed by atoms with E-state index in [1.807, 2.05) is 13.8 Å². The molecular formula is C12H22N2O3. The first-order valence-corrected chi connectivity index (χ1v) is 6.31. The van der Waals surface area contributed by atoms with Gasteiger partial charge in [-0.25, -0.2) is 9.59 Å². The molecule has 1 aliphatic carbocycles. The highest BCUT2D eigenvalue weighted by Gasteiger charge is 2.25. The summed E-state index contributed by atoms with van der Waals surface area (Å²) in [5.41, 5.74) is 0. The maximum Gasteiger partial charge on any atom is 0.326 e. The van der Waals surface area contributed by atoms with Gasteiger partial charge < -0.3 is 15.7 Å². The van der Waals surface area contributed by atoms with E-state index in [9.17, 15) is 9.59 Å². The van der Waals surface area contributed by atoms with Gasteiger partial charge in [-0.15, -0.1) is 0 Å². The van der Waals surface area contributed by atoms with Crippen molar-refractivity contribution in [3.63, 3.8) is 0 Å². The Bertz CT molecular complexity index is 277. The van der Waals surface area contributed by atoms with Gasteiger partial charge in [-0.3, -0.25) is 0 Å². The number of urea groups is 1. The molecule has 0 aromatic rings. The van der Waals surface area contributed by atoms with Crippen LogP contribution in [-0.4, -0.2) is 29.7 Å². The monoisotopic (exact) mass is 242 g/mol. The van der Waals surface area contributed by atoms with E-state index < -0.39 is 12.0 Å². The smallest absolute Gasteiger partial charge is 0.326 e. The van der Waals surface area contributed by atoms with Crippen LogP contribution in [0.4, 0.5) is 4.79 Å². The molecule has 1 fully saturated rings. The zero-order valence-corrected chi connectivity index (χ0v) is 10.5. The summed E-state index contributed by atoms with van der Waals surface area (Å²) in [6.07, 6.45) is 4.28. The molecule has 1 aliphatic rings. The van der Waals surface area contributed by atoms with Gasteiger partial charge in [-0.2, -0.15) is 0 Å². The normalized spacial score (nSPS) is 18.9. The van der Waals surface area contributed by atoms with E-state index in [1.54, 1.807) is 0 Å². The standard InChI is InChI=1S/C12H22N2O3/c1-3-8(2)10(11(15)16)14-12(17)13-7-9-5-4-6-9/h8-10H,3-7H2,1-2H3,(H,15,16)(H2,13,14,17)/t8?,10-/m0/s1. The van der Waals surface area contributed by atoms with Gasteiger partial charge in [0, 0.05) is 6.54 Å². The van der Waals surface area contributed by atoms with Gasteiger partial charge in [0.1, 0.15) is 6.04 Å². The lowest BCUT2D eigenvalue weighted by Crippen LogP contribution is -2.50. The van der Waals surface area contributed by atoms with Crippen LogP contribution in [0.15, 0.2) is 0 Å². The number of carboxylic acids is 1. The van der Waals surface area contributed by atoms with E-state index in [1.165, 1.54) is 6.42 Å². The highest BCUT2D eigenvalue weighted by Crippen LogP contribution is 2.25. The Hall–Kier alpha value is -1.26. The molecular weight excluding hydrogens is 220 g/mol. The fourth-order valence-electron chi connectivity index (χ4n) is 1.81. The Kier molecular flexibility index (Phi) is 5.25. The molecule has 5 nitrogen and oxygen atoms in total. The highest BCUT2D eigenvalue weighted by atomic mass is 16.4. The van der Waals surface area contributed by atoms with E-state index in [0.717, 1.165) is 19.3 Å². The van der Waals surface area contributed by atoms with Crippen LogP contribution in [0.25, 0.3) is 0 Å². The Morgan fingerprint density at radius 1 is 1.41 bits per heavy atom. The van der Waals surface area contributed by atoms with Crippen molar-refractivity contribution < 1.29 is 14.7 Å². The van der Waals surface area contributed by atoms with Gasteiger partial charge in [-0.05, 0) is 24.7 Å². The van der Waals surface area contributed by atoms with Crippen molar-refractivity contribution in [3.8, 4) is 0 Å². The number of rotatable bonds is 6. The summed E-state index contributed by atoms with van der Waals surface area (Å²) < 4.78 is 0. The molecule has 0 saturated heterocycles. The second-order valence-corrected chi connectivity index (χ2v) is 4.85. The second kappa shape index (κ2) is 6.47. The molecule has 1 saturated carbocycles. The Labute approximate surface area is 102 Å². The third-order valence-electron chi connectivity index (χ3n) is 3.54. The van der Waals surface area contributed by atoms with Crippen molar-refractivity contribution in [2.24, 2.45) is 11.8 Å². The number of hydrogen-bond acceptors (Lipinski definition) is 2. The summed E-state index contributed by atoms with van der Waals surface area (Å²) in [5.74, 6) is -0.465. The molecule has 0 aliphatic heterocycles. The molecule has 2 atom stereocenters. The number of aliphatic carboxylic acids is 1. The Balaban J connectivity index is 2.32. The Morgan fingerprint density at radius 2 is 2.06 bits per heavy atom. The second-order valence-electron chi connectivity index (χ2n) is 4.85. The number of hydrogen-bond donors (Lipinski definition) is 3. The van der Waals surface area contributed by atoms with E-state index >= 15 is 0 Å². The van der Waals surface area contributed by atoms with Gasteiger partial charge in [0.25, 0.3) is 0 Å². The molecule has 0 aromatic carbocycles. The number of nitrogens with one attached hydrogen (secondary N) is 2. The molecule has 0 spiro atoms. The summed E-state index contributed by atoms with van der Waals surface area (Å²) in [6, 6.07) is -1.18. The molecule has 17 heavy (non-hydrogen) atoms. The number of carbonyl (C=O) groups is 2. The van der Waals surface area contributed by atoms with Crippen LogP contribution in [0.1, 0.15) is 39.5 Å². The summed E-state index contributed by atoms with van der Waals surface area (Å²) >= 11 is 0. The minimum Gasteiger partial charge on any atom is -0.480 e. The van der Waals surface area contributed by atoms with Crippen molar-refractivity contribution in [2.75, 3.05) is 6.54 Å². The van der Waals surface area contributed by atoms with Crippen LogP contribution in [-0.2, 0) is 4.79 Å². The summed E-state index contributed by atoms with van der Waals surface area (Å²) in [6.45, 7) is 4.39. The van der Waals surface area contributed by atoms with Crippen molar-refractivity contribution in [3.05, 3.63) is 0 Å². The van der Waals surface area contributed by atoms with Gasteiger partial charge in [0.15, 0.2) is 0 Å². The third kappa shape index (κ3) is 4.24. The molecule has 0 radical (unpaired) electrons. The molecule has 3 N–H and O–H groups in total. The quantitative estimate of drug-likeness (QED) is 0.661. The average molecular weight is 242 g/mol. The van der Waals surface area contributed by atoms with Crippen LogP contribution >= 0.6 is 0 Å². The molecule has 1 unspecified atom stereocenters. The minimum atomic E-state index is -0.974. The zero-order chi connectivity index (χ0) is 12.8. The predicted octanol–water partition coefficient (Wildman–Crippen LogP) is 1.59. The SMILES string of the molecule is CCC(C)[C@H](NC(=O)NCC1CCC1)C(=O)O. The summed E-state index contributed by atoms with van der Waals surface area (Å²) in [4.78, 5) is 22.5. The highest BCUT2D eigenvalue weighted by molar-refractivity contribution is 5.82. The number of carboxylic acid groups (broad SMARTS) is 1. The molecule has 5 heteroatoms. The van der Waals surface area contributed by atoms with E-state index in [2.05, 4.69) is 10.6 Å². The zero-order valence-electron chi connectivity index (χ0n) is 10.5. The van der Waals surface area contributed by atoms with Crippen LogP contribution in [0.3, 0.4) is 0 Å². The largest absolute Gasteiger partial charge is 0.480 e. The molecule has 0 bridgehead atoms. The lowest BCUT2D eigenvalue weighted by Gasteiger charge is -2.26. The van der Waals surface area contributed by atoms with E-state index in [4.69, 9.17) is 5.11 Å². The number of amides is 2. The van der Waals surface area contributed by atoms with Gasteiger partial charge in [0.05, 0.1) is 0 Å². The van der Waals surface area contributed by atoms with E-state index in [-0.39, 0.29) is 11.9 Å². The topological polar surface area (TPSA) is 78.4 Å². The van der Waals surface area contributed by atoms with Crippen molar-refractivity contribution in [1.29, 1.82) is 0 Å². The summed E-state index contributed by atoms with van der Waals surface area (Å²) in [5, 5.41) is 14.3. The van der Waals surface area contributed by atoms with Crippen molar-refractivity contribution in [2.45, 2.75) is 45.6 Å². The predicted molar refractivity (Wildman–Crippen MR) is 64.8 cm³/mol. The fourth-order valence-corrected chi connectivity index (χ4v) is 1.81. The van der Waals surface area contributed by atoms with Crippen LogP contribution in [0.5, 0.6) is 0 Å². The average Bonchev–Trinajstić information content (AvgIpc) is 2.22. The fraction of sp³-hybridized carbons (Fsp3) is 0.833. The van der Waals surface area contributed by atoms with Gasteiger partial charge in [-0.1, -0.05) is 26.7 Å². The first-order valence-electron chi connectivity index (χ1n) is 6.31. The van der Waals surface area contributed by atoms with Crippen molar-refractivity contribution >= 4 is 12.0 Å². The first-order chi connectivity index (χ1) is 8.04. The van der Waals surface area contributed by atoms with Crippen LogP contribution in [0, 0.1) is 11.8 Å². The summed E-state index contributed by atoms with van der Waals surface area (Å²) in [7, 11) is 0. The first kappa shape index (κ1) is 13.8. The molecule has 1 rings (SSSR count). The molecule has 98 valence electrons. The molecule has 0 heterocycles. The number of carbonyl (C=O) groups excluding carboxylic acids is 1. The van der Waals surface area contributed by atoms with E-state index in [0.29, 0.717) is 12.5 Å². The lowest BCUT2D eigenvalue weighted by molar-refractivity contribution is -0.140. The maximum atomic E-state index is 11.5. The third-order valence-corrected chi connectivity index (χ3v) is 3.54. The molecule has 0 aromatic heterocycles. The minimum absolute atomic E-state index is 0.0676. The van der Waals surface area contributed by atoms with Gasteiger partial charge >= 0.3 is 12.0 Å². The van der Waals surface area contributed by atoms with Crippen molar-refractivity contribution in [1.82, 2.24) is 10.6 Å². The Morgan fingerprint density at radius 3 is 2.47 bits per heavy atom. The van der Waals surface area contributed by atoms with Crippen LogP contribution < -0.4 is 10.6 Å².